The Morgan fingerprint density at radius 3 is 2.48 bits per heavy atom. The van der Waals surface area contributed by atoms with E-state index in [1.807, 2.05) is 12.1 Å². The fourth-order valence-corrected chi connectivity index (χ4v) is 2.29. The van der Waals surface area contributed by atoms with Gasteiger partial charge in [-0.25, -0.2) is 0 Å². The lowest BCUT2D eigenvalue weighted by Gasteiger charge is -2.35. The molecule has 0 aromatic heterocycles. The van der Waals surface area contributed by atoms with Crippen molar-refractivity contribution < 1.29 is 9.59 Å². The predicted octanol–water partition coefficient (Wildman–Crippen LogP) is 1.28. The number of hydrogen-bond donors (Lipinski definition) is 1. The highest BCUT2D eigenvalue weighted by Gasteiger charge is 2.28. The number of benzene rings is 1. The summed E-state index contributed by atoms with van der Waals surface area (Å²) < 4.78 is 0. The van der Waals surface area contributed by atoms with Crippen LogP contribution in [0.5, 0.6) is 0 Å². The zero-order chi connectivity index (χ0) is 14.7. The summed E-state index contributed by atoms with van der Waals surface area (Å²) in [6.45, 7) is 3.33. The molecule has 2 amide bonds. The number of amides is 2. The fraction of sp³-hybridized carbons (Fsp3) is 0.429. The van der Waals surface area contributed by atoms with Crippen molar-refractivity contribution in [2.24, 2.45) is 5.73 Å². The zero-order valence-electron chi connectivity index (χ0n) is 11.8. The van der Waals surface area contributed by atoms with Gasteiger partial charge in [-0.2, -0.15) is 0 Å². The number of piperazine rings is 1. The number of halogens is 2. The van der Waals surface area contributed by atoms with Crippen LogP contribution in [-0.4, -0.2) is 47.3 Å². The molecule has 1 saturated heterocycles. The molecule has 1 heterocycles. The Bertz CT molecular complexity index is 505. The van der Waals surface area contributed by atoms with Crippen LogP contribution in [0.3, 0.4) is 0 Å². The smallest absolute Gasteiger partial charge is 0.242 e. The van der Waals surface area contributed by atoms with Crippen LogP contribution in [0.2, 0.25) is 5.02 Å². The van der Waals surface area contributed by atoms with Crippen molar-refractivity contribution in [1.29, 1.82) is 0 Å². The monoisotopic (exact) mass is 331 g/mol. The van der Waals surface area contributed by atoms with Crippen LogP contribution < -0.4 is 5.73 Å². The Morgan fingerprint density at radius 2 is 1.95 bits per heavy atom. The highest BCUT2D eigenvalue weighted by Crippen LogP contribution is 2.13. The third kappa shape index (κ3) is 4.59. The summed E-state index contributed by atoms with van der Waals surface area (Å²) >= 11 is 5.83. The first-order valence-electron chi connectivity index (χ1n) is 6.54. The lowest BCUT2D eigenvalue weighted by Crippen LogP contribution is -2.54. The molecule has 1 aliphatic heterocycles. The molecular formula is C14H19Cl2N3O2. The van der Waals surface area contributed by atoms with E-state index in [4.69, 9.17) is 17.3 Å². The Morgan fingerprint density at radius 1 is 1.33 bits per heavy atom. The van der Waals surface area contributed by atoms with Gasteiger partial charge in [0.05, 0.1) is 12.6 Å². The molecule has 1 aromatic carbocycles. The van der Waals surface area contributed by atoms with E-state index in [0.29, 0.717) is 24.7 Å². The van der Waals surface area contributed by atoms with Crippen LogP contribution in [0.4, 0.5) is 0 Å². The Balaban J connectivity index is 0.00000220. The topological polar surface area (TPSA) is 66.6 Å². The van der Waals surface area contributed by atoms with E-state index in [0.717, 1.165) is 5.56 Å². The van der Waals surface area contributed by atoms with E-state index in [1.54, 1.807) is 24.0 Å². The van der Waals surface area contributed by atoms with Crippen molar-refractivity contribution in [2.45, 2.75) is 19.5 Å². The van der Waals surface area contributed by atoms with Crippen molar-refractivity contribution in [3.05, 3.63) is 34.9 Å². The number of hydrogen-bond acceptors (Lipinski definition) is 3. The maximum atomic E-state index is 12.1. The molecule has 2 rings (SSSR count). The van der Waals surface area contributed by atoms with Gasteiger partial charge in [0.25, 0.3) is 0 Å². The van der Waals surface area contributed by atoms with Gasteiger partial charge in [-0.15, -0.1) is 12.4 Å². The fourth-order valence-electron chi connectivity index (χ4n) is 2.16. The van der Waals surface area contributed by atoms with Gasteiger partial charge in [0, 0.05) is 24.7 Å². The van der Waals surface area contributed by atoms with Crippen molar-refractivity contribution in [2.75, 3.05) is 19.6 Å². The molecule has 0 saturated carbocycles. The first kappa shape index (κ1) is 17.8. The minimum Gasteiger partial charge on any atom is -0.335 e. The Hall–Kier alpha value is -1.30. The first-order chi connectivity index (χ1) is 9.47. The SMILES string of the molecule is C[C@H](N)C(=O)N1CCN(Cc2ccc(Cl)cc2)C(=O)C1.Cl. The maximum absolute atomic E-state index is 12.1. The van der Waals surface area contributed by atoms with Gasteiger partial charge in [-0.3, -0.25) is 9.59 Å². The minimum absolute atomic E-state index is 0. The maximum Gasteiger partial charge on any atom is 0.242 e. The number of carbonyl (C=O) groups is 2. The van der Waals surface area contributed by atoms with E-state index in [2.05, 4.69) is 0 Å². The van der Waals surface area contributed by atoms with Gasteiger partial charge < -0.3 is 15.5 Å². The van der Waals surface area contributed by atoms with Crippen molar-refractivity contribution in [1.82, 2.24) is 9.80 Å². The van der Waals surface area contributed by atoms with Gasteiger partial charge >= 0.3 is 0 Å². The molecule has 0 radical (unpaired) electrons. The first-order valence-corrected chi connectivity index (χ1v) is 6.92. The summed E-state index contributed by atoms with van der Waals surface area (Å²) in [5.41, 5.74) is 6.58. The molecule has 0 aliphatic carbocycles. The second-order valence-electron chi connectivity index (χ2n) is 4.99. The standard InChI is InChI=1S/C14H18ClN3O2.ClH/c1-10(16)14(20)18-7-6-17(13(19)9-18)8-11-2-4-12(15)5-3-11;/h2-5,10H,6-9,16H2,1H3;1H/t10-;/m0./s1. The molecule has 1 aliphatic rings. The third-order valence-electron chi connectivity index (χ3n) is 3.31. The van der Waals surface area contributed by atoms with Crippen molar-refractivity contribution in [3.63, 3.8) is 0 Å². The number of nitrogens with two attached hydrogens (primary N) is 1. The molecule has 1 atom stereocenters. The summed E-state index contributed by atoms with van der Waals surface area (Å²) in [4.78, 5) is 27.1. The second-order valence-corrected chi connectivity index (χ2v) is 5.43. The molecule has 116 valence electrons. The molecular weight excluding hydrogens is 313 g/mol. The average Bonchev–Trinajstić information content (AvgIpc) is 2.42. The highest BCUT2D eigenvalue weighted by molar-refractivity contribution is 6.30. The highest BCUT2D eigenvalue weighted by atomic mass is 35.5. The predicted molar refractivity (Wildman–Crippen MR) is 84.3 cm³/mol. The molecule has 2 N–H and O–H groups in total. The van der Waals surface area contributed by atoms with Gasteiger partial charge in [-0.1, -0.05) is 23.7 Å². The van der Waals surface area contributed by atoms with E-state index < -0.39 is 6.04 Å². The van der Waals surface area contributed by atoms with Crippen LogP contribution in [0, 0.1) is 0 Å². The van der Waals surface area contributed by atoms with Crippen LogP contribution in [0.25, 0.3) is 0 Å². The summed E-state index contributed by atoms with van der Waals surface area (Å²) in [5, 5.41) is 0.674. The Labute approximate surface area is 135 Å². The van der Waals surface area contributed by atoms with Crippen molar-refractivity contribution in [3.8, 4) is 0 Å². The van der Waals surface area contributed by atoms with E-state index in [9.17, 15) is 9.59 Å². The molecule has 21 heavy (non-hydrogen) atoms. The van der Waals surface area contributed by atoms with Gasteiger partial charge in [0.1, 0.15) is 0 Å². The molecule has 1 fully saturated rings. The summed E-state index contributed by atoms with van der Waals surface area (Å²) in [6.07, 6.45) is 0. The largest absolute Gasteiger partial charge is 0.335 e. The van der Waals surface area contributed by atoms with E-state index in [-0.39, 0.29) is 30.8 Å². The molecule has 0 bridgehead atoms. The number of carbonyl (C=O) groups excluding carboxylic acids is 2. The van der Waals surface area contributed by atoms with Crippen LogP contribution >= 0.6 is 24.0 Å². The summed E-state index contributed by atoms with van der Waals surface area (Å²) in [5.74, 6) is -0.232. The zero-order valence-corrected chi connectivity index (χ0v) is 13.4. The lowest BCUT2D eigenvalue weighted by atomic mass is 10.2. The van der Waals surface area contributed by atoms with Gasteiger partial charge in [-0.05, 0) is 24.6 Å². The molecule has 0 unspecified atom stereocenters. The quantitative estimate of drug-likeness (QED) is 0.907. The third-order valence-corrected chi connectivity index (χ3v) is 3.56. The van der Waals surface area contributed by atoms with E-state index >= 15 is 0 Å². The average molecular weight is 332 g/mol. The summed E-state index contributed by atoms with van der Waals surface area (Å²) in [7, 11) is 0. The normalized spacial score (nSPS) is 16.4. The van der Waals surface area contributed by atoms with Gasteiger partial charge in [0.2, 0.25) is 11.8 Å². The lowest BCUT2D eigenvalue weighted by molar-refractivity contribution is -0.146. The van der Waals surface area contributed by atoms with Gasteiger partial charge in [0.15, 0.2) is 0 Å². The molecule has 1 aromatic rings. The second kappa shape index (κ2) is 7.64. The van der Waals surface area contributed by atoms with Crippen LogP contribution in [0.15, 0.2) is 24.3 Å². The van der Waals surface area contributed by atoms with E-state index in [1.165, 1.54) is 4.90 Å². The molecule has 0 spiro atoms. The molecule has 5 nitrogen and oxygen atoms in total. The number of rotatable bonds is 3. The molecule has 7 heteroatoms. The minimum atomic E-state index is -0.564. The van der Waals surface area contributed by atoms with Crippen molar-refractivity contribution >= 4 is 35.8 Å². The van der Waals surface area contributed by atoms with Crippen LogP contribution in [-0.2, 0) is 16.1 Å². The summed E-state index contributed by atoms with van der Waals surface area (Å²) in [6, 6.07) is 6.84. The number of nitrogens with zero attached hydrogens (tertiary/aromatic N) is 2. The van der Waals surface area contributed by atoms with Crippen LogP contribution in [0.1, 0.15) is 12.5 Å². The Kier molecular flexibility index (Phi) is 6.45.